The Balaban J connectivity index is 2.41. The van der Waals surface area contributed by atoms with Crippen molar-refractivity contribution in [2.75, 3.05) is 13.2 Å². The maximum absolute atomic E-state index is 9.10. The molecule has 0 aliphatic carbocycles. The first kappa shape index (κ1) is 7.34. The van der Waals surface area contributed by atoms with Crippen LogP contribution in [0.2, 0.25) is 0 Å². The Morgan fingerprint density at radius 2 is 2.33 bits per heavy atom. The zero-order chi connectivity index (χ0) is 6.85. The Hall–Kier alpha value is 0.230. The van der Waals surface area contributed by atoms with Crippen LogP contribution in [0.5, 0.6) is 0 Å². The molecule has 54 valence electrons. The van der Waals surface area contributed by atoms with Crippen molar-refractivity contribution in [2.24, 2.45) is 0 Å². The summed E-state index contributed by atoms with van der Waals surface area (Å²) in [6.45, 7) is 0.299. The van der Waals surface area contributed by atoms with E-state index in [2.05, 4.69) is 12.6 Å². The predicted octanol–water partition coefficient (Wildman–Crippen LogP) is -0.963. The highest BCUT2D eigenvalue weighted by atomic mass is 32.1. The molecule has 0 radical (unpaired) electrons. The van der Waals surface area contributed by atoms with E-state index in [0.29, 0.717) is 6.61 Å². The van der Waals surface area contributed by atoms with Crippen molar-refractivity contribution in [1.29, 1.82) is 0 Å². The molecule has 0 spiro atoms. The molecule has 0 saturated carbocycles. The molecule has 0 aromatic heterocycles. The summed E-state index contributed by atoms with van der Waals surface area (Å²) in [4.78, 5) is 0. The van der Waals surface area contributed by atoms with E-state index in [-0.39, 0.29) is 11.9 Å². The number of aliphatic hydroxyl groups excluding tert-OH is 2. The lowest BCUT2D eigenvalue weighted by molar-refractivity contribution is 0.00429. The second kappa shape index (κ2) is 2.88. The van der Waals surface area contributed by atoms with Crippen LogP contribution in [-0.2, 0) is 4.74 Å². The Morgan fingerprint density at radius 1 is 1.67 bits per heavy atom. The molecule has 0 unspecified atom stereocenters. The number of rotatable bonds is 1. The van der Waals surface area contributed by atoms with E-state index in [4.69, 9.17) is 14.9 Å². The molecule has 1 rings (SSSR count). The topological polar surface area (TPSA) is 49.7 Å². The minimum Gasteiger partial charge on any atom is -0.394 e. The Labute approximate surface area is 59.1 Å². The minimum atomic E-state index is -0.613. The van der Waals surface area contributed by atoms with Crippen LogP contribution in [0.25, 0.3) is 0 Å². The van der Waals surface area contributed by atoms with Gasteiger partial charge in [0.15, 0.2) is 0 Å². The van der Waals surface area contributed by atoms with Gasteiger partial charge in [-0.25, -0.2) is 0 Å². The highest BCUT2D eigenvalue weighted by molar-refractivity contribution is 7.81. The highest BCUT2D eigenvalue weighted by Crippen LogP contribution is 2.17. The lowest BCUT2D eigenvalue weighted by atomic mass is 10.2. The van der Waals surface area contributed by atoms with Gasteiger partial charge in [-0.15, -0.1) is 0 Å². The molecule has 0 aromatic rings. The molecular formula is C5H10O3S. The van der Waals surface area contributed by atoms with Crippen molar-refractivity contribution in [1.82, 2.24) is 0 Å². The van der Waals surface area contributed by atoms with Crippen molar-refractivity contribution < 1.29 is 14.9 Å². The third kappa shape index (κ3) is 1.38. The van der Waals surface area contributed by atoms with Crippen LogP contribution in [0.15, 0.2) is 0 Å². The molecule has 3 atom stereocenters. The third-order valence-corrected chi connectivity index (χ3v) is 1.89. The lowest BCUT2D eigenvalue weighted by Gasteiger charge is -2.10. The van der Waals surface area contributed by atoms with Crippen LogP contribution in [-0.4, -0.2) is 40.9 Å². The Kier molecular flexibility index (Phi) is 2.35. The zero-order valence-corrected chi connectivity index (χ0v) is 5.79. The molecule has 1 aliphatic rings. The van der Waals surface area contributed by atoms with Crippen molar-refractivity contribution >= 4 is 12.6 Å². The molecule has 0 aromatic carbocycles. The Morgan fingerprint density at radius 3 is 2.56 bits per heavy atom. The fourth-order valence-electron chi connectivity index (χ4n) is 0.828. The molecule has 1 heterocycles. The maximum atomic E-state index is 9.10. The average molecular weight is 150 g/mol. The van der Waals surface area contributed by atoms with Crippen molar-refractivity contribution in [3.63, 3.8) is 0 Å². The molecule has 9 heavy (non-hydrogen) atoms. The molecule has 4 heteroatoms. The molecule has 3 nitrogen and oxygen atoms in total. The molecule has 0 bridgehead atoms. The molecule has 1 aliphatic heterocycles. The first-order valence-electron chi connectivity index (χ1n) is 2.84. The SMILES string of the molecule is OC[C@H]1OC[C@@H](S)[C@@H]1O. The number of aliphatic hydroxyl groups is 2. The van der Waals surface area contributed by atoms with Crippen LogP contribution in [0.1, 0.15) is 0 Å². The molecule has 1 saturated heterocycles. The van der Waals surface area contributed by atoms with Crippen molar-refractivity contribution in [3.05, 3.63) is 0 Å². The fraction of sp³-hybridized carbons (Fsp3) is 1.00. The van der Waals surface area contributed by atoms with Gasteiger partial charge in [-0.1, -0.05) is 0 Å². The summed E-state index contributed by atoms with van der Waals surface area (Å²) in [5.41, 5.74) is 0. The second-order valence-corrected chi connectivity index (χ2v) is 2.78. The van der Waals surface area contributed by atoms with Crippen LogP contribution in [0.3, 0.4) is 0 Å². The van der Waals surface area contributed by atoms with Crippen LogP contribution in [0.4, 0.5) is 0 Å². The minimum absolute atomic E-state index is 0.127. The third-order valence-electron chi connectivity index (χ3n) is 1.44. The second-order valence-electron chi connectivity index (χ2n) is 2.11. The molecule has 2 N–H and O–H groups in total. The summed E-state index contributed by atoms with van der Waals surface area (Å²) in [6, 6.07) is 0. The van der Waals surface area contributed by atoms with E-state index in [1.54, 1.807) is 0 Å². The van der Waals surface area contributed by atoms with Gasteiger partial charge in [-0.3, -0.25) is 0 Å². The summed E-state index contributed by atoms with van der Waals surface area (Å²) in [6.07, 6.45) is -1.04. The van der Waals surface area contributed by atoms with Gasteiger partial charge in [0, 0.05) is 0 Å². The quantitative estimate of drug-likeness (QED) is 0.422. The van der Waals surface area contributed by atoms with Gasteiger partial charge in [0.2, 0.25) is 0 Å². The van der Waals surface area contributed by atoms with E-state index < -0.39 is 12.2 Å². The standard InChI is InChI=1S/C5H10O3S/c6-1-3-5(7)4(9)2-8-3/h3-7,9H,1-2H2/t3-,4-,5-/m1/s1. The predicted molar refractivity (Wildman–Crippen MR) is 35.6 cm³/mol. The van der Waals surface area contributed by atoms with Gasteiger partial charge in [-0.2, -0.15) is 12.6 Å². The Bertz CT molecular complexity index is 98.2. The van der Waals surface area contributed by atoms with E-state index in [1.165, 1.54) is 0 Å². The first-order chi connectivity index (χ1) is 4.25. The summed E-state index contributed by atoms with van der Waals surface area (Å²) < 4.78 is 4.95. The number of hydrogen-bond acceptors (Lipinski definition) is 4. The lowest BCUT2D eigenvalue weighted by Crippen LogP contribution is -2.29. The number of hydrogen-bond donors (Lipinski definition) is 3. The smallest absolute Gasteiger partial charge is 0.108 e. The van der Waals surface area contributed by atoms with Gasteiger partial charge in [0.25, 0.3) is 0 Å². The van der Waals surface area contributed by atoms with Gasteiger partial charge in [0.1, 0.15) is 6.10 Å². The van der Waals surface area contributed by atoms with Crippen LogP contribution in [0, 0.1) is 0 Å². The van der Waals surface area contributed by atoms with Gasteiger partial charge in [-0.05, 0) is 0 Å². The van der Waals surface area contributed by atoms with Crippen LogP contribution >= 0.6 is 12.6 Å². The molecular weight excluding hydrogens is 140 g/mol. The summed E-state index contributed by atoms with van der Waals surface area (Å²) in [7, 11) is 0. The normalized spacial score (nSPS) is 43.7. The molecule has 1 fully saturated rings. The maximum Gasteiger partial charge on any atom is 0.108 e. The van der Waals surface area contributed by atoms with Gasteiger partial charge in [0.05, 0.1) is 24.6 Å². The summed E-state index contributed by atoms with van der Waals surface area (Å²) >= 11 is 4.01. The van der Waals surface area contributed by atoms with E-state index in [1.807, 2.05) is 0 Å². The van der Waals surface area contributed by atoms with Crippen molar-refractivity contribution in [3.8, 4) is 0 Å². The monoisotopic (exact) mass is 150 g/mol. The highest BCUT2D eigenvalue weighted by Gasteiger charge is 2.32. The van der Waals surface area contributed by atoms with Gasteiger partial charge >= 0.3 is 0 Å². The van der Waals surface area contributed by atoms with E-state index >= 15 is 0 Å². The van der Waals surface area contributed by atoms with E-state index in [9.17, 15) is 0 Å². The number of ether oxygens (including phenoxy) is 1. The average Bonchev–Trinajstić information content (AvgIpc) is 2.15. The summed E-state index contributed by atoms with van der Waals surface area (Å²) in [5.74, 6) is 0. The molecule has 0 amide bonds. The fourth-order valence-corrected chi connectivity index (χ4v) is 1.11. The van der Waals surface area contributed by atoms with Crippen molar-refractivity contribution in [2.45, 2.75) is 17.5 Å². The first-order valence-corrected chi connectivity index (χ1v) is 3.36. The number of thiol groups is 1. The zero-order valence-electron chi connectivity index (χ0n) is 4.90. The summed E-state index contributed by atoms with van der Waals surface area (Å²) in [5, 5.41) is 17.5. The van der Waals surface area contributed by atoms with Gasteiger partial charge < -0.3 is 14.9 Å². The largest absolute Gasteiger partial charge is 0.394 e. The van der Waals surface area contributed by atoms with E-state index in [0.717, 1.165) is 0 Å². The van der Waals surface area contributed by atoms with Crippen LogP contribution < -0.4 is 0 Å².